The van der Waals surface area contributed by atoms with E-state index in [1.807, 2.05) is 46.0 Å². The summed E-state index contributed by atoms with van der Waals surface area (Å²) in [5.41, 5.74) is 1.00. The van der Waals surface area contributed by atoms with Crippen LogP contribution in [0.25, 0.3) is 0 Å². The molecule has 0 radical (unpaired) electrons. The predicted octanol–water partition coefficient (Wildman–Crippen LogP) is 3.81. The van der Waals surface area contributed by atoms with Crippen LogP contribution >= 0.6 is 11.6 Å². The molecule has 4 heteroatoms. The van der Waals surface area contributed by atoms with E-state index in [0.717, 1.165) is 5.56 Å². The van der Waals surface area contributed by atoms with Crippen LogP contribution in [-0.4, -0.2) is 25.9 Å². The largest absolute Gasteiger partial charge is 0.490 e. The second-order valence-corrected chi connectivity index (χ2v) is 5.92. The number of nitrogens with one attached hydrogen (secondary N) is 1. The molecule has 0 amide bonds. The molecule has 0 spiro atoms. The average molecular weight is 286 g/mol. The van der Waals surface area contributed by atoms with Crippen molar-refractivity contribution < 1.29 is 9.47 Å². The minimum atomic E-state index is -0.140. The molecule has 1 aromatic rings. The second-order valence-electron chi connectivity index (χ2n) is 5.51. The second kappa shape index (κ2) is 7.13. The van der Waals surface area contributed by atoms with Crippen LogP contribution in [0.1, 0.15) is 39.3 Å². The molecule has 0 aromatic heterocycles. The molecule has 0 fully saturated rings. The van der Waals surface area contributed by atoms with Gasteiger partial charge in [0, 0.05) is 6.04 Å². The van der Waals surface area contributed by atoms with E-state index in [9.17, 15) is 0 Å². The van der Waals surface area contributed by atoms with Crippen molar-refractivity contribution in [3.05, 3.63) is 28.8 Å². The number of rotatable bonds is 6. The van der Waals surface area contributed by atoms with E-state index in [1.54, 1.807) is 0 Å². The van der Waals surface area contributed by atoms with Crippen molar-refractivity contribution in [2.45, 2.75) is 39.3 Å². The molecule has 108 valence electrons. The molecule has 3 nitrogen and oxygen atoms in total. The molecule has 0 aliphatic rings. The Hall–Kier alpha value is -0.770. The van der Waals surface area contributed by atoms with Gasteiger partial charge < -0.3 is 14.8 Å². The highest BCUT2D eigenvalue weighted by Crippen LogP contribution is 2.27. The SMILES string of the molecule is CNC(C)c1ccc(OCCOC(C)(C)C)c(Cl)c1. The molecule has 1 atom stereocenters. The molecule has 0 saturated carbocycles. The van der Waals surface area contributed by atoms with E-state index in [0.29, 0.717) is 24.0 Å². The first kappa shape index (κ1) is 16.3. The highest BCUT2D eigenvalue weighted by Gasteiger charge is 2.10. The quantitative estimate of drug-likeness (QED) is 0.806. The van der Waals surface area contributed by atoms with Crippen LogP contribution in [0.3, 0.4) is 0 Å². The molecule has 1 unspecified atom stereocenters. The van der Waals surface area contributed by atoms with Gasteiger partial charge in [0.15, 0.2) is 0 Å². The Kier molecular flexibility index (Phi) is 6.11. The molecular weight excluding hydrogens is 262 g/mol. The Morgan fingerprint density at radius 1 is 1.26 bits per heavy atom. The maximum Gasteiger partial charge on any atom is 0.138 e. The summed E-state index contributed by atoms with van der Waals surface area (Å²) in [7, 11) is 1.92. The molecule has 1 aromatic carbocycles. The third kappa shape index (κ3) is 5.81. The molecule has 1 N–H and O–H groups in total. The molecular formula is C15H24ClNO2. The van der Waals surface area contributed by atoms with Crippen molar-refractivity contribution in [3.8, 4) is 5.75 Å². The van der Waals surface area contributed by atoms with Crippen molar-refractivity contribution in [1.82, 2.24) is 5.32 Å². The molecule has 0 bridgehead atoms. The normalized spacial score (nSPS) is 13.4. The summed E-state index contributed by atoms with van der Waals surface area (Å²) in [6.45, 7) is 9.20. The van der Waals surface area contributed by atoms with Gasteiger partial charge in [-0.05, 0) is 52.4 Å². The number of hydrogen-bond acceptors (Lipinski definition) is 3. The summed E-state index contributed by atoms with van der Waals surface area (Å²) < 4.78 is 11.2. The van der Waals surface area contributed by atoms with Crippen LogP contribution in [0.2, 0.25) is 5.02 Å². The van der Waals surface area contributed by atoms with E-state index in [2.05, 4.69) is 12.2 Å². The van der Waals surface area contributed by atoms with Crippen LogP contribution in [0.15, 0.2) is 18.2 Å². The fourth-order valence-electron chi connectivity index (χ4n) is 1.57. The molecule has 0 aliphatic heterocycles. The Bertz CT molecular complexity index is 402. The topological polar surface area (TPSA) is 30.5 Å². The Labute approximate surface area is 121 Å². The van der Waals surface area contributed by atoms with Crippen LogP contribution in [0, 0.1) is 0 Å². The monoisotopic (exact) mass is 285 g/mol. The molecule has 19 heavy (non-hydrogen) atoms. The van der Waals surface area contributed by atoms with Gasteiger partial charge in [-0.15, -0.1) is 0 Å². The van der Waals surface area contributed by atoms with Gasteiger partial charge in [0.1, 0.15) is 12.4 Å². The molecule has 0 heterocycles. The van der Waals surface area contributed by atoms with Gasteiger partial charge in [-0.25, -0.2) is 0 Å². The summed E-state index contributed by atoms with van der Waals surface area (Å²) in [4.78, 5) is 0. The number of ether oxygens (including phenoxy) is 2. The Morgan fingerprint density at radius 3 is 2.47 bits per heavy atom. The number of benzene rings is 1. The van der Waals surface area contributed by atoms with Gasteiger partial charge >= 0.3 is 0 Å². The number of hydrogen-bond donors (Lipinski definition) is 1. The first-order valence-electron chi connectivity index (χ1n) is 6.57. The first-order valence-corrected chi connectivity index (χ1v) is 6.95. The minimum absolute atomic E-state index is 0.140. The summed E-state index contributed by atoms with van der Waals surface area (Å²) >= 11 is 6.21. The van der Waals surface area contributed by atoms with Crippen molar-refractivity contribution in [2.75, 3.05) is 20.3 Å². The third-order valence-corrected chi connectivity index (χ3v) is 3.06. The summed E-state index contributed by atoms with van der Waals surface area (Å²) in [5, 5.41) is 3.81. The standard InChI is InChI=1S/C15H24ClNO2/c1-11(17-5)12-6-7-14(13(16)10-12)18-8-9-19-15(2,3)4/h6-7,10-11,17H,8-9H2,1-5H3. The van der Waals surface area contributed by atoms with Gasteiger partial charge in [-0.3, -0.25) is 0 Å². The van der Waals surface area contributed by atoms with Crippen LogP contribution in [0.5, 0.6) is 5.75 Å². The van der Waals surface area contributed by atoms with Crippen molar-refractivity contribution >= 4 is 11.6 Å². The smallest absolute Gasteiger partial charge is 0.138 e. The fourth-order valence-corrected chi connectivity index (χ4v) is 1.81. The summed E-state index contributed by atoms with van der Waals surface area (Å²) in [5.74, 6) is 0.700. The molecule has 1 rings (SSSR count). The van der Waals surface area contributed by atoms with E-state index >= 15 is 0 Å². The fraction of sp³-hybridized carbons (Fsp3) is 0.600. The van der Waals surface area contributed by atoms with Crippen molar-refractivity contribution in [1.29, 1.82) is 0 Å². The van der Waals surface area contributed by atoms with Crippen LogP contribution in [-0.2, 0) is 4.74 Å². The summed E-state index contributed by atoms with van der Waals surface area (Å²) in [6, 6.07) is 6.13. The predicted molar refractivity (Wildman–Crippen MR) is 80.1 cm³/mol. The Balaban J connectivity index is 2.51. The van der Waals surface area contributed by atoms with Gasteiger partial charge in [-0.1, -0.05) is 17.7 Å². The maximum absolute atomic E-state index is 6.21. The lowest BCUT2D eigenvalue weighted by molar-refractivity contribution is -0.0162. The van der Waals surface area contributed by atoms with E-state index < -0.39 is 0 Å². The van der Waals surface area contributed by atoms with Gasteiger partial charge in [0.25, 0.3) is 0 Å². The minimum Gasteiger partial charge on any atom is -0.490 e. The van der Waals surface area contributed by atoms with Gasteiger partial charge in [0.05, 0.1) is 17.2 Å². The lowest BCUT2D eigenvalue weighted by atomic mass is 10.1. The number of halogens is 1. The van der Waals surface area contributed by atoms with Crippen LogP contribution in [0.4, 0.5) is 0 Å². The lowest BCUT2D eigenvalue weighted by Crippen LogP contribution is -2.22. The van der Waals surface area contributed by atoms with Crippen LogP contribution < -0.4 is 10.1 Å². The van der Waals surface area contributed by atoms with E-state index in [4.69, 9.17) is 21.1 Å². The van der Waals surface area contributed by atoms with Gasteiger partial charge in [-0.2, -0.15) is 0 Å². The zero-order valence-corrected chi connectivity index (χ0v) is 13.2. The molecule has 0 saturated heterocycles. The summed E-state index contributed by atoms with van der Waals surface area (Å²) in [6.07, 6.45) is 0. The first-order chi connectivity index (χ1) is 8.83. The zero-order valence-electron chi connectivity index (χ0n) is 12.4. The Morgan fingerprint density at radius 2 is 1.95 bits per heavy atom. The lowest BCUT2D eigenvalue weighted by Gasteiger charge is -2.20. The van der Waals surface area contributed by atoms with Crippen molar-refractivity contribution in [2.24, 2.45) is 0 Å². The van der Waals surface area contributed by atoms with E-state index in [1.165, 1.54) is 0 Å². The highest BCUT2D eigenvalue weighted by atomic mass is 35.5. The van der Waals surface area contributed by atoms with Crippen molar-refractivity contribution in [3.63, 3.8) is 0 Å². The highest BCUT2D eigenvalue weighted by molar-refractivity contribution is 6.32. The third-order valence-electron chi connectivity index (χ3n) is 2.76. The van der Waals surface area contributed by atoms with Gasteiger partial charge in [0.2, 0.25) is 0 Å². The molecule has 0 aliphatic carbocycles. The average Bonchev–Trinajstić information content (AvgIpc) is 2.33. The zero-order chi connectivity index (χ0) is 14.5. The maximum atomic E-state index is 6.21. The van der Waals surface area contributed by atoms with E-state index in [-0.39, 0.29) is 11.6 Å².